The quantitative estimate of drug-likeness (QED) is 0.390. The maximum Gasteiger partial charge on any atom is 0.191 e. The summed E-state index contributed by atoms with van der Waals surface area (Å²) < 4.78 is 7.08. The SMILES string of the molecule is CCn1c(SCC(=O)c2ccc(OC)cc2)nnc1-c1ccccc1N. The number of thioether (sulfide) groups is 1. The summed E-state index contributed by atoms with van der Waals surface area (Å²) in [7, 11) is 1.60. The topological polar surface area (TPSA) is 83.0 Å². The van der Waals surface area contributed by atoms with Crippen LogP contribution in [0.1, 0.15) is 17.3 Å². The minimum absolute atomic E-state index is 0.0316. The van der Waals surface area contributed by atoms with Crippen LogP contribution >= 0.6 is 11.8 Å². The van der Waals surface area contributed by atoms with Gasteiger partial charge in [-0.1, -0.05) is 23.9 Å². The highest BCUT2D eigenvalue weighted by atomic mass is 32.2. The van der Waals surface area contributed by atoms with Gasteiger partial charge in [0.25, 0.3) is 0 Å². The van der Waals surface area contributed by atoms with Crippen LogP contribution in [0.25, 0.3) is 11.4 Å². The number of Topliss-reactive ketones (excluding diaryl/α,β-unsaturated/α-hetero) is 1. The van der Waals surface area contributed by atoms with Gasteiger partial charge in [-0.3, -0.25) is 4.79 Å². The van der Waals surface area contributed by atoms with Crippen LogP contribution in [0.4, 0.5) is 5.69 Å². The first kappa shape index (κ1) is 18.0. The van der Waals surface area contributed by atoms with Gasteiger partial charge >= 0.3 is 0 Å². The van der Waals surface area contributed by atoms with Gasteiger partial charge in [0.2, 0.25) is 0 Å². The number of hydrogen-bond acceptors (Lipinski definition) is 6. The van der Waals surface area contributed by atoms with Crippen LogP contribution in [-0.4, -0.2) is 33.4 Å². The van der Waals surface area contributed by atoms with E-state index >= 15 is 0 Å². The smallest absolute Gasteiger partial charge is 0.191 e. The van der Waals surface area contributed by atoms with Crippen LogP contribution in [0.15, 0.2) is 53.7 Å². The lowest BCUT2D eigenvalue weighted by molar-refractivity contribution is 0.102. The molecule has 0 fully saturated rings. The van der Waals surface area contributed by atoms with E-state index in [1.807, 2.05) is 35.8 Å². The molecule has 1 heterocycles. The van der Waals surface area contributed by atoms with Crippen LogP contribution in [0.3, 0.4) is 0 Å². The van der Waals surface area contributed by atoms with Crippen LogP contribution in [0, 0.1) is 0 Å². The first-order valence-electron chi connectivity index (χ1n) is 8.22. The third-order valence-corrected chi connectivity index (χ3v) is 4.95. The number of nitrogens with two attached hydrogens (primary N) is 1. The normalized spacial score (nSPS) is 10.7. The molecule has 26 heavy (non-hydrogen) atoms. The lowest BCUT2D eigenvalue weighted by Gasteiger charge is -2.09. The highest BCUT2D eigenvalue weighted by Crippen LogP contribution is 2.28. The zero-order valence-electron chi connectivity index (χ0n) is 14.7. The number of carbonyl (C=O) groups is 1. The summed E-state index contributed by atoms with van der Waals surface area (Å²) in [5.41, 5.74) is 8.20. The molecule has 0 aliphatic rings. The van der Waals surface area contributed by atoms with Crippen molar-refractivity contribution in [2.75, 3.05) is 18.6 Å². The molecule has 2 N–H and O–H groups in total. The predicted molar refractivity (Wildman–Crippen MR) is 104 cm³/mol. The second-order valence-electron chi connectivity index (χ2n) is 5.58. The van der Waals surface area contributed by atoms with E-state index in [9.17, 15) is 4.79 Å². The molecule has 0 amide bonds. The molecule has 0 unspecified atom stereocenters. The summed E-state index contributed by atoms with van der Waals surface area (Å²) in [5.74, 6) is 1.76. The maximum atomic E-state index is 12.4. The number of ketones is 1. The second-order valence-corrected chi connectivity index (χ2v) is 6.52. The predicted octanol–water partition coefficient (Wildman–Crippen LogP) is 3.53. The van der Waals surface area contributed by atoms with Crippen molar-refractivity contribution in [1.82, 2.24) is 14.8 Å². The zero-order valence-corrected chi connectivity index (χ0v) is 15.5. The summed E-state index contributed by atoms with van der Waals surface area (Å²) in [5, 5.41) is 9.22. The lowest BCUT2D eigenvalue weighted by Crippen LogP contribution is -2.05. The Morgan fingerprint density at radius 1 is 1.15 bits per heavy atom. The van der Waals surface area contributed by atoms with Crippen LogP contribution in [0.2, 0.25) is 0 Å². The molecule has 3 aromatic rings. The number of anilines is 1. The fraction of sp³-hybridized carbons (Fsp3) is 0.211. The molecule has 0 bridgehead atoms. The van der Waals surface area contributed by atoms with Gasteiger partial charge in [0.05, 0.1) is 12.9 Å². The number of nitrogen functional groups attached to an aromatic ring is 1. The van der Waals surface area contributed by atoms with E-state index in [0.717, 1.165) is 11.3 Å². The average Bonchev–Trinajstić information content (AvgIpc) is 3.09. The molecule has 0 spiro atoms. The van der Waals surface area contributed by atoms with Gasteiger partial charge in [-0.2, -0.15) is 0 Å². The summed E-state index contributed by atoms with van der Waals surface area (Å²) in [6, 6.07) is 14.7. The third-order valence-electron chi connectivity index (χ3n) is 3.98. The van der Waals surface area contributed by atoms with Crippen molar-refractivity contribution in [3.8, 4) is 17.1 Å². The van der Waals surface area contributed by atoms with Gasteiger partial charge in [-0.25, -0.2) is 0 Å². The molecule has 0 aliphatic carbocycles. The number of aromatic nitrogens is 3. The van der Waals surface area contributed by atoms with Gasteiger partial charge in [0.15, 0.2) is 16.8 Å². The van der Waals surface area contributed by atoms with E-state index in [-0.39, 0.29) is 11.5 Å². The zero-order chi connectivity index (χ0) is 18.5. The van der Waals surface area contributed by atoms with E-state index in [2.05, 4.69) is 10.2 Å². The number of carbonyl (C=O) groups excluding carboxylic acids is 1. The van der Waals surface area contributed by atoms with Crippen molar-refractivity contribution in [2.45, 2.75) is 18.6 Å². The van der Waals surface area contributed by atoms with Gasteiger partial charge < -0.3 is 15.0 Å². The van der Waals surface area contributed by atoms with Crippen molar-refractivity contribution < 1.29 is 9.53 Å². The Kier molecular flexibility index (Phi) is 5.58. The van der Waals surface area contributed by atoms with Crippen LogP contribution in [0.5, 0.6) is 5.75 Å². The number of ether oxygens (including phenoxy) is 1. The molecule has 6 nitrogen and oxygen atoms in total. The van der Waals surface area contributed by atoms with Crippen molar-refractivity contribution in [2.24, 2.45) is 0 Å². The number of hydrogen-bond donors (Lipinski definition) is 1. The fourth-order valence-corrected chi connectivity index (χ4v) is 3.47. The van der Waals surface area contributed by atoms with Crippen LogP contribution in [-0.2, 0) is 6.54 Å². The van der Waals surface area contributed by atoms with Crippen molar-refractivity contribution in [3.05, 3.63) is 54.1 Å². The Hall–Kier alpha value is -2.80. The van der Waals surface area contributed by atoms with Crippen LogP contribution < -0.4 is 10.5 Å². The number of para-hydroxylation sites is 1. The number of benzene rings is 2. The van der Waals surface area contributed by atoms with E-state index < -0.39 is 0 Å². The first-order valence-corrected chi connectivity index (χ1v) is 9.20. The van der Waals surface area contributed by atoms with E-state index in [1.165, 1.54) is 11.8 Å². The third kappa shape index (κ3) is 3.72. The molecular formula is C19H20N4O2S. The molecule has 0 aliphatic heterocycles. The highest BCUT2D eigenvalue weighted by Gasteiger charge is 2.16. The van der Waals surface area contributed by atoms with Crippen molar-refractivity contribution in [1.29, 1.82) is 0 Å². The molecule has 134 valence electrons. The van der Waals surface area contributed by atoms with Gasteiger partial charge in [0.1, 0.15) is 5.75 Å². The largest absolute Gasteiger partial charge is 0.497 e. The molecular weight excluding hydrogens is 348 g/mol. The molecule has 0 saturated heterocycles. The molecule has 0 radical (unpaired) electrons. The Labute approximate surface area is 156 Å². The molecule has 0 atom stereocenters. The fourth-order valence-electron chi connectivity index (χ4n) is 2.57. The summed E-state index contributed by atoms with van der Waals surface area (Å²) >= 11 is 1.37. The number of nitrogens with zero attached hydrogens (tertiary/aromatic N) is 3. The number of methoxy groups -OCH3 is 1. The number of rotatable bonds is 7. The van der Waals surface area contributed by atoms with Crippen molar-refractivity contribution in [3.63, 3.8) is 0 Å². The summed E-state index contributed by atoms with van der Waals surface area (Å²) in [6.45, 7) is 2.71. The maximum absolute atomic E-state index is 12.4. The van der Waals surface area contributed by atoms with Gasteiger partial charge in [-0.05, 0) is 43.3 Å². The highest BCUT2D eigenvalue weighted by molar-refractivity contribution is 7.99. The van der Waals surface area contributed by atoms with Gasteiger partial charge in [0, 0.05) is 23.4 Å². The molecule has 3 rings (SSSR count). The lowest BCUT2D eigenvalue weighted by atomic mass is 10.1. The summed E-state index contributed by atoms with van der Waals surface area (Å²) in [4.78, 5) is 12.4. The van der Waals surface area contributed by atoms with Crippen molar-refractivity contribution >= 4 is 23.2 Å². The minimum atomic E-state index is 0.0316. The van der Waals surface area contributed by atoms with Gasteiger partial charge in [-0.15, -0.1) is 10.2 Å². The molecule has 1 aromatic heterocycles. The second kappa shape index (κ2) is 8.05. The van der Waals surface area contributed by atoms with E-state index in [0.29, 0.717) is 28.8 Å². The monoisotopic (exact) mass is 368 g/mol. The first-order chi connectivity index (χ1) is 12.6. The Bertz CT molecular complexity index is 906. The standard InChI is InChI=1S/C19H20N4O2S/c1-3-23-18(15-6-4-5-7-16(15)20)21-22-19(23)26-12-17(24)13-8-10-14(25-2)11-9-13/h4-11H,3,12,20H2,1-2H3. The minimum Gasteiger partial charge on any atom is -0.497 e. The molecule has 7 heteroatoms. The summed E-state index contributed by atoms with van der Waals surface area (Å²) in [6.07, 6.45) is 0. The Morgan fingerprint density at radius 3 is 2.54 bits per heavy atom. The van der Waals surface area contributed by atoms with E-state index in [1.54, 1.807) is 31.4 Å². The average molecular weight is 368 g/mol. The Balaban J connectivity index is 1.76. The molecule has 0 saturated carbocycles. The van der Waals surface area contributed by atoms with E-state index in [4.69, 9.17) is 10.5 Å². The Morgan fingerprint density at radius 2 is 1.88 bits per heavy atom. The molecule has 2 aromatic carbocycles.